The van der Waals surface area contributed by atoms with E-state index in [-0.39, 0.29) is 11.8 Å². The van der Waals surface area contributed by atoms with Gasteiger partial charge in [-0.1, -0.05) is 26.7 Å². The number of aliphatic carboxylic acids is 1. The summed E-state index contributed by atoms with van der Waals surface area (Å²) in [7, 11) is 0. The fraction of sp³-hybridized carbons (Fsp3) is 0.875. The third-order valence-corrected chi connectivity index (χ3v) is 5.27. The van der Waals surface area contributed by atoms with E-state index in [0.29, 0.717) is 17.8 Å². The lowest BCUT2D eigenvalue weighted by molar-refractivity contribution is -0.146. The van der Waals surface area contributed by atoms with Gasteiger partial charge in [0.2, 0.25) is 5.91 Å². The normalized spacial score (nSPS) is 31.0. The Morgan fingerprint density at radius 1 is 1.20 bits per heavy atom. The van der Waals surface area contributed by atoms with Crippen LogP contribution in [0.1, 0.15) is 58.8 Å². The van der Waals surface area contributed by atoms with Gasteiger partial charge in [0.05, 0.1) is 11.8 Å². The maximum Gasteiger partial charge on any atom is 0.307 e. The number of rotatable bonds is 7. The molecular weight excluding hydrogens is 254 g/mol. The van der Waals surface area contributed by atoms with Crippen LogP contribution in [0, 0.1) is 23.2 Å². The molecule has 2 saturated carbocycles. The maximum absolute atomic E-state index is 12.3. The SMILES string of the molecule is CCCC1(CNC(=O)[C@H]2CC(CC)C[C@H]2C(=O)O)CC1. The van der Waals surface area contributed by atoms with Gasteiger partial charge >= 0.3 is 5.97 Å². The zero-order chi connectivity index (χ0) is 14.8. The zero-order valence-electron chi connectivity index (χ0n) is 12.7. The Labute approximate surface area is 121 Å². The number of carbonyl (C=O) groups excluding carboxylic acids is 1. The van der Waals surface area contributed by atoms with Crippen LogP contribution in [-0.4, -0.2) is 23.5 Å². The highest BCUT2D eigenvalue weighted by Crippen LogP contribution is 2.49. The molecule has 2 N–H and O–H groups in total. The summed E-state index contributed by atoms with van der Waals surface area (Å²) in [5.74, 6) is -1.26. The van der Waals surface area contributed by atoms with Crippen molar-refractivity contribution in [3.05, 3.63) is 0 Å². The van der Waals surface area contributed by atoms with Crippen LogP contribution in [0.2, 0.25) is 0 Å². The molecule has 2 fully saturated rings. The molecule has 0 spiro atoms. The second-order valence-electron chi connectivity index (χ2n) is 6.76. The molecule has 0 aliphatic heterocycles. The van der Waals surface area contributed by atoms with Gasteiger partial charge in [-0.3, -0.25) is 9.59 Å². The zero-order valence-corrected chi connectivity index (χ0v) is 12.7. The van der Waals surface area contributed by atoms with Crippen molar-refractivity contribution in [3.8, 4) is 0 Å². The van der Waals surface area contributed by atoms with Crippen molar-refractivity contribution < 1.29 is 14.7 Å². The second-order valence-corrected chi connectivity index (χ2v) is 6.76. The van der Waals surface area contributed by atoms with Crippen molar-refractivity contribution in [2.75, 3.05) is 6.54 Å². The van der Waals surface area contributed by atoms with Gasteiger partial charge in [0.25, 0.3) is 0 Å². The third-order valence-electron chi connectivity index (χ3n) is 5.27. The Balaban J connectivity index is 1.89. The first-order valence-corrected chi connectivity index (χ1v) is 8.02. The number of carboxylic acids is 1. The van der Waals surface area contributed by atoms with Crippen LogP contribution in [0.5, 0.6) is 0 Å². The number of hydrogen-bond donors (Lipinski definition) is 2. The summed E-state index contributed by atoms with van der Waals surface area (Å²) in [5, 5.41) is 12.3. The average Bonchev–Trinajstić information content (AvgIpc) is 3.04. The molecule has 0 radical (unpaired) electrons. The molecule has 20 heavy (non-hydrogen) atoms. The summed E-state index contributed by atoms with van der Waals surface area (Å²) in [5.41, 5.74) is 0.325. The highest BCUT2D eigenvalue weighted by molar-refractivity contribution is 5.85. The molecule has 114 valence electrons. The topological polar surface area (TPSA) is 66.4 Å². The van der Waals surface area contributed by atoms with Gasteiger partial charge in [-0.25, -0.2) is 0 Å². The Morgan fingerprint density at radius 2 is 1.85 bits per heavy atom. The van der Waals surface area contributed by atoms with Crippen LogP contribution in [0.15, 0.2) is 0 Å². The van der Waals surface area contributed by atoms with Gasteiger partial charge < -0.3 is 10.4 Å². The number of carboxylic acid groups (broad SMARTS) is 1. The van der Waals surface area contributed by atoms with Gasteiger partial charge in [-0.05, 0) is 43.4 Å². The Bertz CT molecular complexity index is 376. The molecule has 0 saturated heterocycles. The van der Waals surface area contributed by atoms with E-state index in [2.05, 4.69) is 19.2 Å². The summed E-state index contributed by atoms with van der Waals surface area (Å²) in [6, 6.07) is 0. The minimum absolute atomic E-state index is 0.0317. The van der Waals surface area contributed by atoms with E-state index >= 15 is 0 Å². The molecule has 2 aliphatic rings. The third kappa shape index (κ3) is 3.33. The lowest BCUT2D eigenvalue weighted by Gasteiger charge is -2.19. The van der Waals surface area contributed by atoms with Gasteiger partial charge in [0.15, 0.2) is 0 Å². The number of nitrogens with one attached hydrogen (secondary N) is 1. The quantitative estimate of drug-likeness (QED) is 0.754. The highest BCUT2D eigenvalue weighted by atomic mass is 16.4. The molecule has 1 amide bonds. The summed E-state index contributed by atoms with van der Waals surface area (Å²) < 4.78 is 0. The highest BCUT2D eigenvalue weighted by Gasteiger charge is 2.45. The van der Waals surface area contributed by atoms with Crippen LogP contribution in [0.3, 0.4) is 0 Å². The number of carbonyl (C=O) groups is 2. The predicted octanol–water partition coefficient (Wildman–Crippen LogP) is 2.82. The van der Waals surface area contributed by atoms with Gasteiger partial charge in [-0.2, -0.15) is 0 Å². The van der Waals surface area contributed by atoms with Crippen molar-refractivity contribution in [1.82, 2.24) is 5.32 Å². The van der Waals surface area contributed by atoms with Crippen LogP contribution < -0.4 is 5.32 Å². The first-order valence-electron chi connectivity index (χ1n) is 8.02. The van der Waals surface area contributed by atoms with Gasteiger partial charge in [0, 0.05) is 6.54 Å². The molecule has 1 unspecified atom stereocenters. The van der Waals surface area contributed by atoms with E-state index in [1.54, 1.807) is 0 Å². The second kappa shape index (κ2) is 6.15. The lowest BCUT2D eigenvalue weighted by atomic mass is 9.94. The van der Waals surface area contributed by atoms with E-state index in [0.717, 1.165) is 32.2 Å². The Hall–Kier alpha value is -1.06. The standard InChI is InChI=1S/C16H27NO3/c1-3-5-16(6-7-16)10-17-14(18)12-8-11(4-2)9-13(12)15(19)20/h11-13H,3-10H2,1-2H3,(H,17,18)(H,19,20)/t11?,12-,13+/m0/s1. The van der Waals surface area contributed by atoms with E-state index < -0.39 is 11.9 Å². The van der Waals surface area contributed by atoms with Crippen molar-refractivity contribution in [3.63, 3.8) is 0 Å². The summed E-state index contributed by atoms with van der Waals surface area (Å²) >= 11 is 0. The first kappa shape index (κ1) is 15.3. The molecule has 0 aromatic heterocycles. The van der Waals surface area contributed by atoms with E-state index in [1.165, 1.54) is 12.8 Å². The molecule has 4 nitrogen and oxygen atoms in total. The molecule has 2 rings (SSSR count). The molecular formula is C16H27NO3. The Kier molecular flexibility index (Phi) is 4.71. The molecule has 4 heteroatoms. The molecule has 0 heterocycles. The monoisotopic (exact) mass is 281 g/mol. The van der Waals surface area contributed by atoms with Crippen LogP contribution in [0.25, 0.3) is 0 Å². The summed E-state index contributed by atoms with van der Waals surface area (Å²) in [4.78, 5) is 23.6. The summed E-state index contributed by atoms with van der Waals surface area (Å²) in [6.07, 6.45) is 7.07. The van der Waals surface area contributed by atoms with Gasteiger partial charge in [0.1, 0.15) is 0 Å². The van der Waals surface area contributed by atoms with Crippen LogP contribution in [0.4, 0.5) is 0 Å². The number of hydrogen-bond acceptors (Lipinski definition) is 2. The van der Waals surface area contributed by atoms with Gasteiger partial charge in [-0.15, -0.1) is 0 Å². The number of amides is 1. The van der Waals surface area contributed by atoms with Crippen LogP contribution in [-0.2, 0) is 9.59 Å². The maximum atomic E-state index is 12.3. The summed E-state index contributed by atoms with van der Waals surface area (Å²) in [6.45, 7) is 4.98. The van der Waals surface area contributed by atoms with E-state index in [1.807, 2.05) is 0 Å². The van der Waals surface area contributed by atoms with E-state index in [9.17, 15) is 14.7 Å². The fourth-order valence-electron chi connectivity index (χ4n) is 3.67. The lowest BCUT2D eigenvalue weighted by Crippen LogP contribution is -2.38. The molecule has 0 bridgehead atoms. The molecule has 2 aliphatic carbocycles. The molecule has 0 aromatic carbocycles. The molecule has 0 aromatic rings. The minimum Gasteiger partial charge on any atom is -0.481 e. The molecule has 3 atom stereocenters. The smallest absolute Gasteiger partial charge is 0.307 e. The van der Waals surface area contributed by atoms with Crippen molar-refractivity contribution >= 4 is 11.9 Å². The minimum atomic E-state index is -0.809. The first-order chi connectivity index (χ1) is 9.51. The van der Waals surface area contributed by atoms with Crippen molar-refractivity contribution in [2.45, 2.75) is 58.8 Å². The van der Waals surface area contributed by atoms with Crippen molar-refractivity contribution in [1.29, 1.82) is 0 Å². The largest absolute Gasteiger partial charge is 0.481 e. The Morgan fingerprint density at radius 3 is 2.35 bits per heavy atom. The van der Waals surface area contributed by atoms with Crippen molar-refractivity contribution in [2.24, 2.45) is 23.2 Å². The van der Waals surface area contributed by atoms with Crippen LogP contribution >= 0.6 is 0 Å². The fourth-order valence-corrected chi connectivity index (χ4v) is 3.67. The van der Waals surface area contributed by atoms with E-state index in [4.69, 9.17) is 0 Å². The predicted molar refractivity (Wildman–Crippen MR) is 77.2 cm³/mol. The average molecular weight is 281 g/mol.